The Kier molecular flexibility index (Phi) is 7.47. The highest BCUT2D eigenvalue weighted by Crippen LogP contribution is 2.65. The van der Waals surface area contributed by atoms with Gasteiger partial charge in [0.25, 0.3) is 0 Å². The van der Waals surface area contributed by atoms with Crippen LogP contribution in [0.25, 0.3) is 71.6 Å². The first-order valence-electron chi connectivity index (χ1n) is 21.6. The van der Waals surface area contributed by atoms with E-state index in [1.165, 1.54) is 99.5 Å². The topological polar surface area (TPSA) is 8.17 Å². The number of benzene rings is 10. The molecule has 2 nitrogen and oxygen atoms in total. The average Bonchev–Trinajstić information content (AvgIpc) is 3.94. The molecule has 0 bridgehead atoms. The highest BCUT2D eigenvalue weighted by atomic mass is 15.1. The summed E-state index contributed by atoms with van der Waals surface area (Å²) in [7, 11) is 0. The number of nitrogens with zero attached hydrogens (tertiary/aromatic N) is 2. The summed E-state index contributed by atoms with van der Waals surface area (Å²) >= 11 is 0. The molecule has 0 aliphatic heterocycles. The third kappa shape index (κ3) is 4.81. The number of anilines is 3. The number of para-hydroxylation sites is 2. The summed E-state index contributed by atoms with van der Waals surface area (Å²) in [6.07, 6.45) is 0. The van der Waals surface area contributed by atoms with Crippen molar-refractivity contribution in [1.82, 2.24) is 4.57 Å². The van der Waals surface area contributed by atoms with Gasteiger partial charge in [0.05, 0.1) is 22.1 Å². The second-order valence-electron chi connectivity index (χ2n) is 16.9. The summed E-state index contributed by atoms with van der Waals surface area (Å²) < 4.78 is 2.51. The number of rotatable bonds is 5. The average molecular weight is 789 g/mol. The van der Waals surface area contributed by atoms with Gasteiger partial charge in [0.15, 0.2) is 0 Å². The predicted molar refractivity (Wildman–Crippen MR) is 259 cm³/mol. The third-order valence-electron chi connectivity index (χ3n) is 13.7. The lowest BCUT2D eigenvalue weighted by Gasteiger charge is -2.32. The summed E-state index contributed by atoms with van der Waals surface area (Å²) in [5.41, 5.74) is 20.6. The number of aryl methyl sites for hydroxylation is 1. The van der Waals surface area contributed by atoms with Gasteiger partial charge in [-0.1, -0.05) is 175 Å². The van der Waals surface area contributed by atoms with Crippen molar-refractivity contribution in [3.05, 3.63) is 252 Å². The summed E-state index contributed by atoms with van der Waals surface area (Å²) in [5.74, 6) is 0. The van der Waals surface area contributed by atoms with Crippen molar-refractivity contribution in [3.8, 4) is 39.1 Å². The highest BCUT2D eigenvalue weighted by Gasteiger charge is 2.52. The molecule has 290 valence electrons. The fourth-order valence-electron chi connectivity index (χ4n) is 11.0. The van der Waals surface area contributed by atoms with E-state index in [1.54, 1.807) is 0 Å². The smallest absolute Gasteiger partial charge is 0.0727 e. The molecule has 0 saturated carbocycles. The summed E-state index contributed by atoms with van der Waals surface area (Å²) in [5, 5.41) is 5.03. The van der Waals surface area contributed by atoms with Crippen LogP contribution < -0.4 is 4.90 Å². The molecule has 0 amide bonds. The Labute approximate surface area is 361 Å². The van der Waals surface area contributed by atoms with Crippen LogP contribution in [0.1, 0.15) is 27.8 Å². The van der Waals surface area contributed by atoms with Gasteiger partial charge < -0.3 is 9.47 Å². The molecule has 1 spiro atoms. The Balaban J connectivity index is 1.12. The van der Waals surface area contributed by atoms with E-state index in [0.717, 1.165) is 17.1 Å². The van der Waals surface area contributed by atoms with Gasteiger partial charge in [0.1, 0.15) is 0 Å². The molecule has 2 aliphatic carbocycles. The second kappa shape index (κ2) is 13.3. The lowest BCUT2D eigenvalue weighted by molar-refractivity contribution is 0.793. The zero-order valence-corrected chi connectivity index (χ0v) is 34.3. The van der Waals surface area contributed by atoms with Gasteiger partial charge in [-0.2, -0.15) is 0 Å². The largest absolute Gasteiger partial charge is 0.310 e. The molecule has 0 fully saturated rings. The van der Waals surface area contributed by atoms with Crippen molar-refractivity contribution in [1.29, 1.82) is 0 Å². The Morgan fingerprint density at radius 2 is 0.855 bits per heavy atom. The summed E-state index contributed by atoms with van der Waals surface area (Å²) in [4.78, 5) is 2.43. The highest BCUT2D eigenvalue weighted by molar-refractivity contribution is 6.14. The molecule has 0 unspecified atom stereocenters. The maximum Gasteiger partial charge on any atom is 0.0727 e. The Morgan fingerprint density at radius 3 is 1.50 bits per heavy atom. The van der Waals surface area contributed by atoms with Crippen molar-refractivity contribution < 1.29 is 0 Å². The fraction of sp³-hybridized carbons (Fsp3) is 0.0333. The van der Waals surface area contributed by atoms with Crippen molar-refractivity contribution in [3.63, 3.8) is 0 Å². The van der Waals surface area contributed by atoms with E-state index in [1.807, 2.05) is 0 Å². The molecule has 13 rings (SSSR count). The molecule has 10 aromatic carbocycles. The van der Waals surface area contributed by atoms with Crippen LogP contribution in [0.15, 0.2) is 224 Å². The molecular formula is C60H40N2. The quantitative estimate of drug-likeness (QED) is 0.169. The van der Waals surface area contributed by atoms with Gasteiger partial charge in [0, 0.05) is 33.2 Å². The van der Waals surface area contributed by atoms with E-state index in [9.17, 15) is 0 Å². The standard InChI is InChI=1S/C60H40N2/c1-39-27-31-42(32-28-39)61(43-33-29-41(30-34-43)40-15-3-2-4-16-40)44-35-36-51-54(37-44)60(52-23-11-7-17-45(52)46-18-8-12-24-53(46)60)55-38-58(49-21-5-6-22-50(49)59(51)55)62-56-25-13-9-19-47(56)48-20-10-14-26-57(48)62/h2-38H,1H3. The van der Waals surface area contributed by atoms with Crippen LogP contribution in [-0.4, -0.2) is 4.57 Å². The normalized spacial score (nSPS) is 13.0. The number of hydrogen-bond acceptors (Lipinski definition) is 1. The number of fused-ring (bicyclic) bond motifs is 15. The zero-order chi connectivity index (χ0) is 40.9. The lowest BCUT2D eigenvalue weighted by atomic mass is 9.70. The molecule has 0 saturated heterocycles. The fourth-order valence-corrected chi connectivity index (χ4v) is 11.0. The van der Waals surface area contributed by atoms with Gasteiger partial charge in [-0.25, -0.2) is 0 Å². The molecule has 1 heterocycles. The molecule has 1 aromatic heterocycles. The Bertz CT molecular complexity index is 3480. The Morgan fingerprint density at radius 1 is 0.355 bits per heavy atom. The minimum Gasteiger partial charge on any atom is -0.310 e. The van der Waals surface area contributed by atoms with Crippen LogP contribution in [-0.2, 0) is 5.41 Å². The number of aromatic nitrogens is 1. The molecule has 2 aliphatic rings. The maximum atomic E-state index is 2.55. The molecule has 11 aromatic rings. The van der Waals surface area contributed by atoms with E-state index in [4.69, 9.17) is 0 Å². The first kappa shape index (κ1) is 34.9. The molecule has 2 heteroatoms. The number of hydrogen-bond donors (Lipinski definition) is 0. The van der Waals surface area contributed by atoms with Gasteiger partial charge in [-0.3, -0.25) is 0 Å². The molecule has 0 N–H and O–H groups in total. The minimum absolute atomic E-state index is 0.568. The second-order valence-corrected chi connectivity index (χ2v) is 16.9. The van der Waals surface area contributed by atoms with Crippen LogP contribution >= 0.6 is 0 Å². The monoisotopic (exact) mass is 788 g/mol. The van der Waals surface area contributed by atoms with Crippen LogP contribution in [0.4, 0.5) is 17.1 Å². The van der Waals surface area contributed by atoms with Gasteiger partial charge in [0.2, 0.25) is 0 Å². The van der Waals surface area contributed by atoms with Gasteiger partial charge in [-0.15, -0.1) is 0 Å². The SMILES string of the molecule is Cc1ccc(N(c2ccc(-c3ccccc3)cc2)c2ccc3c(c2)C2(c4ccccc4-c4ccccc42)c2cc(-n4c5ccccc5c5ccccc54)c4ccccc4c2-3)cc1. The van der Waals surface area contributed by atoms with Crippen molar-refractivity contribution in [2.75, 3.05) is 4.90 Å². The van der Waals surface area contributed by atoms with Crippen LogP contribution in [0, 0.1) is 6.92 Å². The Hall–Kier alpha value is -7.94. The lowest BCUT2D eigenvalue weighted by Crippen LogP contribution is -2.26. The predicted octanol–water partition coefficient (Wildman–Crippen LogP) is 15.7. The van der Waals surface area contributed by atoms with E-state index in [2.05, 4.69) is 241 Å². The van der Waals surface area contributed by atoms with E-state index >= 15 is 0 Å². The first-order valence-corrected chi connectivity index (χ1v) is 21.6. The summed E-state index contributed by atoms with van der Waals surface area (Å²) in [6, 6.07) is 83.6. The van der Waals surface area contributed by atoms with Crippen molar-refractivity contribution >= 4 is 49.6 Å². The van der Waals surface area contributed by atoms with Gasteiger partial charge in [-0.05, 0) is 123 Å². The van der Waals surface area contributed by atoms with Crippen LogP contribution in [0.2, 0.25) is 0 Å². The third-order valence-corrected chi connectivity index (χ3v) is 13.7. The summed E-state index contributed by atoms with van der Waals surface area (Å²) in [6.45, 7) is 2.16. The minimum atomic E-state index is -0.568. The van der Waals surface area contributed by atoms with Crippen molar-refractivity contribution in [2.24, 2.45) is 0 Å². The van der Waals surface area contributed by atoms with Crippen LogP contribution in [0.5, 0.6) is 0 Å². The van der Waals surface area contributed by atoms with E-state index in [-0.39, 0.29) is 0 Å². The first-order chi connectivity index (χ1) is 30.7. The van der Waals surface area contributed by atoms with E-state index in [0.29, 0.717) is 0 Å². The molecule has 62 heavy (non-hydrogen) atoms. The molecule has 0 radical (unpaired) electrons. The molecule has 0 atom stereocenters. The van der Waals surface area contributed by atoms with Crippen LogP contribution in [0.3, 0.4) is 0 Å². The zero-order valence-electron chi connectivity index (χ0n) is 34.3. The molecular weight excluding hydrogens is 749 g/mol. The van der Waals surface area contributed by atoms with Gasteiger partial charge >= 0.3 is 0 Å². The maximum absolute atomic E-state index is 2.55. The van der Waals surface area contributed by atoms with Crippen molar-refractivity contribution in [2.45, 2.75) is 12.3 Å². The van der Waals surface area contributed by atoms with E-state index < -0.39 is 5.41 Å².